The van der Waals surface area contributed by atoms with E-state index in [2.05, 4.69) is 38.8 Å². The van der Waals surface area contributed by atoms with Crippen molar-refractivity contribution < 1.29 is 17.6 Å². The fraction of sp³-hybridized carbons (Fsp3) is 0.320. The molecule has 0 spiro atoms. The smallest absolute Gasteiger partial charge is 0.244 e. The normalized spacial score (nSPS) is 19.9. The Morgan fingerprint density at radius 3 is 2.72 bits per heavy atom. The van der Waals surface area contributed by atoms with Crippen molar-refractivity contribution in [1.29, 1.82) is 0 Å². The van der Waals surface area contributed by atoms with Gasteiger partial charge in [0, 0.05) is 28.7 Å². The lowest BCUT2D eigenvalue weighted by Crippen LogP contribution is -2.34. The molecule has 36 heavy (non-hydrogen) atoms. The van der Waals surface area contributed by atoms with E-state index in [1.54, 1.807) is 0 Å². The molecule has 0 bridgehead atoms. The summed E-state index contributed by atoms with van der Waals surface area (Å²) in [4.78, 5) is 12.8. The maximum Gasteiger partial charge on any atom is 0.244 e. The maximum absolute atomic E-state index is 13.9. The van der Waals surface area contributed by atoms with Crippen molar-refractivity contribution in [3.8, 4) is 0 Å². The van der Waals surface area contributed by atoms with Crippen molar-refractivity contribution >= 4 is 23.0 Å². The van der Waals surface area contributed by atoms with Gasteiger partial charge >= 0.3 is 0 Å². The lowest BCUT2D eigenvalue weighted by molar-refractivity contribution is 0.157. The zero-order chi connectivity index (χ0) is 26.2. The van der Waals surface area contributed by atoms with Crippen molar-refractivity contribution in [3.63, 3.8) is 0 Å². The summed E-state index contributed by atoms with van der Waals surface area (Å²) in [6, 6.07) is 3.95. The van der Waals surface area contributed by atoms with Crippen LogP contribution in [0.3, 0.4) is 0 Å². The molecule has 4 rings (SSSR count). The molecule has 1 saturated carbocycles. The van der Waals surface area contributed by atoms with Gasteiger partial charge in [-0.2, -0.15) is 0 Å². The monoisotopic (exact) mass is 501 g/mol. The standard InChI is InChI=1S/C25H27F4N7/c1-12(33-15-7-8-15)25(3)13(2)34-24-20(25)22(31)35-23(36-24)18(30)9-16(10-19(27)28)32-11-14-5-4-6-17(26)21(14)29/h4-6,9,15,19,33H,1-2,7-8,10-11,30H2,3H3,(H3,31,34,35,36). The molecule has 1 fully saturated rings. The van der Waals surface area contributed by atoms with E-state index in [0.29, 0.717) is 28.8 Å². The molecule has 2 heterocycles. The van der Waals surface area contributed by atoms with Crippen LogP contribution in [0.1, 0.15) is 43.1 Å². The van der Waals surface area contributed by atoms with Gasteiger partial charge in [0.1, 0.15) is 11.6 Å². The number of aromatic nitrogens is 2. The third-order valence-electron chi connectivity index (χ3n) is 6.30. The topological polar surface area (TPSA) is 114 Å². The molecule has 1 unspecified atom stereocenters. The molecule has 7 nitrogen and oxygen atoms in total. The minimum Gasteiger partial charge on any atom is -0.396 e. The van der Waals surface area contributed by atoms with Crippen LogP contribution in [0.25, 0.3) is 5.70 Å². The second kappa shape index (κ2) is 9.63. The van der Waals surface area contributed by atoms with Crippen LogP contribution in [0.4, 0.5) is 29.2 Å². The molecular weight excluding hydrogens is 474 g/mol. The van der Waals surface area contributed by atoms with E-state index < -0.39 is 29.9 Å². The number of aliphatic imine (C=N–C) groups is 1. The van der Waals surface area contributed by atoms with E-state index in [1.165, 1.54) is 18.2 Å². The number of nitrogen functional groups attached to an aromatic ring is 1. The highest BCUT2D eigenvalue weighted by atomic mass is 19.3. The fourth-order valence-corrected chi connectivity index (χ4v) is 3.99. The molecular formula is C25H27F4N7. The molecule has 6 N–H and O–H groups in total. The van der Waals surface area contributed by atoms with Crippen LogP contribution >= 0.6 is 0 Å². The number of hydrogen-bond acceptors (Lipinski definition) is 7. The highest BCUT2D eigenvalue weighted by Gasteiger charge is 2.45. The Kier molecular flexibility index (Phi) is 6.75. The van der Waals surface area contributed by atoms with Gasteiger partial charge in [-0.15, -0.1) is 0 Å². The molecule has 1 atom stereocenters. The molecule has 2 aromatic rings. The SMILES string of the molecule is C=C1Nc2nc(C(N)=CC(CC(F)F)=NCc3cccc(F)c3F)nc(N)c2C1(C)C(=C)NC1CC1. The van der Waals surface area contributed by atoms with E-state index in [-0.39, 0.29) is 35.2 Å². The number of allylic oxidation sites excluding steroid dienone is 1. The molecule has 2 aliphatic rings. The van der Waals surface area contributed by atoms with E-state index >= 15 is 0 Å². The zero-order valence-corrected chi connectivity index (χ0v) is 19.7. The summed E-state index contributed by atoms with van der Waals surface area (Å²) in [5.74, 6) is -1.62. The Labute approximate surface area is 206 Å². The molecule has 1 aromatic carbocycles. The number of rotatable bonds is 9. The summed E-state index contributed by atoms with van der Waals surface area (Å²) in [6.45, 7) is 9.81. The average molecular weight is 502 g/mol. The van der Waals surface area contributed by atoms with Crippen molar-refractivity contribution in [2.45, 2.75) is 50.6 Å². The van der Waals surface area contributed by atoms with E-state index in [1.807, 2.05) is 6.92 Å². The molecule has 0 radical (unpaired) electrons. The number of hydrogen-bond donors (Lipinski definition) is 4. The number of anilines is 2. The first-order valence-electron chi connectivity index (χ1n) is 11.3. The van der Waals surface area contributed by atoms with Crippen LogP contribution in [0, 0.1) is 11.6 Å². The number of alkyl halides is 2. The van der Waals surface area contributed by atoms with Crippen LogP contribution in [0.15, 0.2) is 53.8 Å². The van der Waals surface area contributed by atoms with Gasteiger partial charge in [-0.25, -0.2) is 27.5 Å². The van der Waals surface area contributed by atoms with Gasteiger partial charge < -0.3 is 22.1 Å². The quantitative estimate of drug-likeness (QED) is 0.299. The number of halogens is 4. The molecule has 1 aliphatic heterocycles. The van der Waals surface area contributed by atoms with Crippen LogP contribution < -0.4 is 22.1 Å². The van der Waals surface area contributed by atoms with Crippen LogP contribution in [0.5, 0.6) is 0 Å². The largest absolute Gasteiger partial charge is 0.396 e. The summed E-state index contributed by atoms with van der Waals surface area (Å²) in [6.07, 6.45) is -0.198. The Hall–Kier alpha value is -3.89. The molecule has 0 amide bonds. The van der Waals surface area contributed by atoms with E-state index in [4.69, 9.17) is 11.5 Å². The van der Waals surface area contributed by atoms with Gasteiger partial charge in [-0.1, -0.05) is 25.3 Å². The number of fused-ring (bicyclic) bond motifs is 1. The first kappa shape index (κ1) is 25.2. The summed E-state index contributed by atoms with van der Waals surface area (Å²) < 4.78 is 53.8. The highest BCUT2D eigenvalue weighted by Crippen LogP contribution is 2.48. The summed E-state index contributed by atoms with van der Waals surface area (Å²) >= 11 is 0. The van der Waals surface area contributed by atoms with Crippen molar-refractivity contribution in [2.24, 2.45) is 10.7 Å². The van der Waals surface area contributed by atoms with Crippen LogP contribution in [-0.2, 0) is 12.0 Å². The van der Waals surface area contributed by atoms with E-state index in [9.17, 15) is 17.6 Å². The van der Waals surface area contributed by atoms with Gasteiger partial charge in [0.05, 0.1) is 29.6 Å². The van der Waals surface area contributed by atoms with Crippen molar-refractivity contribution in [3.05, 3.63) is 77.4 Å². The lowest BCUT2D eigenvalue weighted by atomic mass is 9.80. The van der Waals surface area contributed by atoms with Crippen LogP contribution in [0.2, 0.25) is 0 Å². The van der Waals surface area contributed by atoms with Crippen molar-refractivity contribution in [1.82, 2.24) is 15.3 Å². The van der Waals surface area contributed by atoms with Crippen LogP contribution in [-0.4, -0.2) is 28.1 Å². The second-order valence-electron chi connectivity index (χ2n) is 9.00. The lowest BCUT2D eigenvalue weighted by Gasteiger charge is -2.29. The van der Waals surface area contributed by atoms with Gasteiger partial charge in [0.2, 0.25) is 6.43 Å². The average Bonchev–Trinajstić information content (AvgIpc) is 3.58. The third kappa shape index (κ3) is 4.91. The van der Waals surface area contributed by atoms with E-state index in [0.717, 1.165) is 18.9 Å². The molecule has 0 saturated heterocycles. The number of nitrogens with zero attached hydrogens (tertiary/aromatic N) is 3. The highest BCUT2D eigenvalue weighted by molar-refractivity contribution is 6.00. The number of nitrogens with two attached hydrogens (primary N) is 2. The van der Waals surface area contributed by atoms with Gasteiger partial charge in [-0.05, 0) is 31.9 Å². The Morgan fingerprint density at radius 1 is 1.33 bits per heavy atom. The third-order valence-corrected chi connectivity index (χ3v) is 6.30. The zero-order valence-electron chi connectivity index (χ0n) is 19.7. The molecule has 1 aromatic heterocycles. The first-order valence-corrected chi connectivity index (χ1v) is 11.3. The number of benzene rings is 1. The Balaban J connectivity index is 1.64. The fourth-order valence-electron chi connectivity index (χ4n) is 3.99. The molecule has 190 valence electrons. The van der Waals surface area contributed by atoms with Gasteiger partial charge in [-0.3, -0.25) is 4.99 Å². The maximum atomic E-state index is 13.9. The molecule has 1 aliphatic carbocycles. The Bertz CT molecular complexity index is 1280. The Morgan fingerprint density at radius 2 is 2.06 bits per heavy atom. The first-order chi connectivity index (χ1) is 17.0. The minimum absolute atomic E-state index is 0.00420. The summed E-state index contributed by atoms with van der Waals surface area (Å²) in [5, 5.41) is 6.48. The second-order valence-corrected chi connectivity index (χ2v) is 9.00. The van der Waals surface area contributed by atoms with Gasteiger partial charge in [0.15, 0.2) is 17.5 Å². The summed E-state index contributed by atoms with van der Waals surface area (Å²) in [5.41, 5.74) is 13.3. The number of nitrogens with one attached hydrogen (secondary N) is 2. The minimum atomic E-state index is -2.74. The predicted molar refractivity (Wildman–Crippen MR) is 132 cm³/mol. The van der Waals surface area contributed by atoms with Gasteiger partial charge in [0.25, 0.3) is 0 Å². The molecule has 11 heteroatoms. The summed E-state index contributed by atoms with van der Waals surface area (Å²) in [7, 11) is 0. The predicted octanol–water partition coefficient (Wildman–Crippen LogP) is 4.40. The van der Waals surface area contributed by atoms with Crippen molar-refractivity contribution in [2.75, 3.05) is 11.1 Å².